The van der Waals surface area contributed by atoms with Crippen molar-refractivity contribution in [1.29, 1.82) is 0 Å². The summed E-state index contributed by atoms with van der Waals surface area (Å²) in [6.45, 7) is 1.97. The first-order valence-corrected chi connectivity index (χ1v) is 7.18. The average molecular weight is 284 g/mol. The minimum absolute atomic E-state index is 0.0775. The standard InChI is InChI=1S/C15H16N4O2/c20-15-9-11(10-3-5-16-6-4-10)17-14-8-12(18-19(14)15)13-2-1-7-21-13/h1-2,7-10,16,18H,3-6H2. The van der Waals surface area contributed by atoms with Gasteiger partial charge in [0.1, 0.15) is 5.69 Å². The van der Waals surface area contributed by atoms with Crippen LogP contribution in [0.2, 0.25) is 0 Å². The molecule has 4 heterocycles. The number of nitrogens with zero attached hydrogens (tertiary/aromatic N) is 2. The lowest BCUT2D eigenvalue weighted by Crippen LogP contribution is -2.28. The van der Waals surface area contributed by atoms with Crippen LogP contribution >= 0.6 is 0 Å². The van der Waals surface area contributed by atoms with Gasteiger partial charge in [0.25, 0.3) is 5.56 Å². The zero-order valence-electron chi connectivity index (χ0n) is 11.5. The van der Waals surface area contributed by atoms with E-state index in [-0.39, 0.29) is 5.56 Å². The van der Waals surface area contributed by atoms with Crippen molar-refractivity contribution < 1.29 is 4.42 Å². The quantitative estimate of drug-likeness (QED) is 0.751. The summed E-state index contributed by atoms with van der Waals surface area (Å²) in [6.07, 6.45) is 3.66. The number of hydrogen-bond donors (Lipinski definition) is 2. The molecule has 1 fully saturated rings. The van der Waals surface area contributed by atoms with Gasteiger partial charge in [0, 0.05) is 18.1 Å². The molecule has 0 spiro atoms. The van der Waals surface area contributed by atoms with Crippen LogP contribution in [0.25, 0.3) is 17.1 Å². The number of aromatic nitrogens is 3. The molecule has 2 N–H and O–H groups in total. The first-order chi connectivity index (χ1) is 10.3. The van der Waals surface area contributed by atoms with Gasteiger partial charge in [-0.3, -0.25) is 9.89 Å². The maximum Gasteiger partial charge on any atom is 0.272 e. The molecular formula is C15H16N4O2. The Labute approximate surface area is 120 Å². The Morgan fingerprint density at radius 3 is 2.90 bits per heavy atom. The van der Waals surface area contributed by atoms with Crippen LogP contribution in [0.15, 0.2) is 39.7 Å². The van der Waals surface area contributed by atoms with Crippen molar-refractivity contribution in [3.05, 3.63) is 46.6 Å². The molecule has 4 rings (SSSR count). The summed E-state index contributed by atoms with van der Waals surface area (Å²) in [5.41, 5.74) is 2.22. The summed E-state index contributed by atoms with van der Waals surface area (Å²) in [7, 11) is 0. The first kappa shape index (κ1) is 12.4. The fourth-order valence-corrected chi connectivity index (χ4v) is 2.89. The smallest absolute Gasteiger partial charge is 0.272 e. The molecule has 0 unspecified atom stereocenters. The molecule has 0 amide bonds. The van der Waals surface area contributed by atoms with Crippen molar-refractivity contribution in [2.75, 3.05) is 13.1 Å². The second kappa shape index (κ2) is 4.89. The van der Waals surface area contributed by atoms with E-state index in [9.17, 15) is 4.79 Å². The Bertz CT molecular complexity index is 810. The Balaban J connectivity index is 1.80. The van der Waals surface area contributed by atoms with Gasteiger partial charge in [-0.05, 0) is 38.1 Å². The van der Waals surface area contributed by atoms with Gasteiger partial charge in [-0.2, -0.15) is 0 Å². The lowest BCUT2D eigenvalue weighted by atomic mass is 9.94. The molecule has 1 aliphatic rings. The number of furan rings is 1. The van der Waals surface area contributed by atoms with E-state index >= 15 is 0 Å². The second-order valence-corrected chi connectivity index (χ2v) is 5.38. The van der Waals surface area contributed by atoms with Crippen LogP contribution in [0, 0.1) is 0 Å². The van der Waals surface area contributed by atoms with Crippen LogP contribution in [0.3, 0.4) is 0 Å². The van der Waals surface area contributed by atoms with Crippen LogP contribution in [0.5, 0.6) is 0 Å². The van der Waals surface area contributed by atoms with E-state index in [1.807, 2.05) is 18.2 Å². The molecule has 0 radical (unpaired) electrons. The van der Waals surface area contributed by atoms with E-state index in [0.717, 1.165) is 37.3 Å². The highest BCUT2D eigenvalue weighted by Gasteiger charge is 2.18. The van der Waals surface area contributed by atoms with Crippen LogP contribution < -0.4 is 10.9 Å². The molecule has 6 heteroatoms. The maximum atomic E-state index is 12.3. The molecular weight excluding hydrogens is 268 g/mol. The Morgan fingerprint density at radius 1 is 1.29 bits per heavy atom. The summed E-state index contributed by atoms with van der Waals surface area (Å²) in [4.78, 5) is 16.9. The minimum atomic E-state index is -0.0775. The molecule has 21 heavy (non-hydrogen) atoms. The number of fused-ring (bicyclic) bond motifs is 1. The number of rotatable bonds is 2. The van der Waals surface area contributed by atoms with E-state index < -0.39 is 0 Å². The summed E-state index contributed by atoms with van der Waals surface area (Å²) in [5, 5.41) is 6.36. The van der Waals surface area contributed by atoms with Gasteiger partial charge in [0.2, 0.25) is 0 Å². The van der Waals surface area contributed by atoms with Crippen molar-refractivity contribution in [1.82, 2.24) is 19.9 Å². The molecule has 0 aromatic carbocycles. The Kier molecular flexibility index (Phi) is 2.89. The molecule has 0 saturated carbocycles. The summed E-state index contributed by atoms with van der Waals surface area (Å²) >= 11 is 0. The first-order valence-electron chi connectivity index (χ1n) is 7.18. The van der Waals surface area contributed by atoms with Crippen molar-refractivity contribution in [3.63, 3.8) is 0 Å². The molecule has 0 atom stereocenters. The molecule has 3 aromatic rings. The summed E-state index contributed by atoms with van der Waals surface area (Å²) < 4.78 is 6.81. The van der Waals surface area contributed by atoms with Gasteiger partial charge in [-0.1, -0.05) is 0 Å². The number of hydrogen-bond acceptors (Lipinski definition) is 4. The third-order valence-corrected chi connectivity index (χ3v) is 4.01. The largest absolute Gasteiger partial charge is 0.463 e. The molecule has 1 aliphatic heterocycles. The van der Waals surface area contributed by atoms with Gasteiger partial charge in [-0.25, -0.2) is 9.50 Å². The van der Waals surface area contributed by atoms with Crippen LogP contribution in [-0.2, 0) is 0 Å². The molecule has 0 bridgehead atoms. The summed E-state index contributed by atoms with van der Waals surface area (Å²) in [5.74, 6) is 1.06. The predicted octanol–water partition coefficient (Wildman–Crippen LogP) is 1.75. The number of aromatic amines is 1. The molecule has 108 valence electrons. The minimum Gasteiger partial charge on any atom is -0.463 e. The third-order valence-electron chi connectivity index (χ3n) is 4.01. The van der Waals surface area contributed by atoms with E-state index in [2.05, 4.69) is 15.4 Å². The van der Waals surface area contributed by atoms with Crippen LogP contribution in [0.4, 0.5) is 0 Å². The van der Waals surface area contributed by atoms with Gasteiger partial charge in [0.15, 0.2) is 11.4 Å². The van der Waals surface area contributed by atoms with Gasteiger partial charge in [0.05, 0.1) is 12.0 Å². The van der Waals surface area contributed by atoms with Crippen LogP contribution in [0.1, 0.15) is 24.5 Å². The van der Waals surface area contributed by atoms with E-state index in [1.165, 1.54) is 4.52 Å². The fourth-order valence-electron chi connectivity index (χ4n) is 2.89. The van der Waals surface area contributed by atoms with E-state index in [1.54, 1.807) is 12.3 Å². The Hall–Kier alpha value is -2.34. The van der Waals surface area contributed by atoms with E-state index in [0.29, 0.717) is 17.3 Å². The Morgan fingerprint density at radius 2 is 2.14 bits per heavy atom. The van der Waals surface area contributed by atoms with Crippen molar-refractivity contribution in [3.8, 4) is 11.5 Å². The average Bonchev–Trinajstić information content (AvgIpc) is 3.17. The number of nitrogens with one attached hydrogen (secondary N) is 2. The number of piperidine rings is 1. The van der Waals surface area contributed by atoms with Gasteiger partial charge in [-0.15, -0.1) is 0 Å². The van der Waals surface area contributed by atoms with Crippen molar-refractivity contribution >= 4 is 5.65 Å². The number of H-pyrrole nitrogens is 1. The highest BCUT2D eigenvalue weighted by molar-refractivity contribution is 5.59. The lowest BCUT2D eigenvalue weighted by Gasteiger charge is -2.21. The molecule has 6 nitrogen and oxygen atoms in total. The predicted molar refractivity (Wildman–Crippen MR) is 78.4 cm³/mol. The summed E-state index contributed by atoms with van der Waals surface area (Å²) in [6, 6.07) is 7.16. The molecule has 1 saturated heterocycles. The van der Waals surface area contributed by atoms with E-state index in [4.69, 9.17) is 4.42 Å². The molecule has 0 aliphatic carbocycles. The zero-order valence-corrected chi connectivity index (χ0v) is 11.5. The SMILES string of the molecule is O=c1cc(C2CCNCC2)nc2cc(-c3ccco3)[nH]n12. The van der Waals surface area contributed by atoms with Gasteiger partial charge < -0.3 is 9.73 Å². The zero-order chi connectivity index (χ0) is 14.2. The third kappa shape index (κ3) is 2.17. The highest BCUT2D eigenvalue weighted by Crippen LogP contribution is 2.24. The van der Waals surface area contributed by atoms with Crippen molar-refractivity contribution in [2.24, 2.45) is 0 Å². The van der Waals surface area contributed by atoms with Crippen molar-refractivity contribution in [2.45, 2.75) is 18.8 Å². The van der Waals surface area contributed by atoms with Crippen LogP contribution in [-0.4, -0.2) is 27.7 Å². The lowest BCUT2D eigenvalue weighted by molar-refractivity contribution is 0.453. The maximum absolute atomic E-state index is 12.3. The molecule has 3 aromatic heterocycles. The topological polar surface area (TPSA) is 75.3 Å². The normalized spacial score (nSPS) is 16.6. The second-order valence-electron chi connectivity index (χ2n) is 5.38. The fraction of sp³-hybridized carbons (Fsp3) is 0.333. The monoisotopic (exact) mass is 284 g/mol. The highest BCUT2D eigenvalue weighted by atomic mass is 16.3. The van der Waals surface area contributed by atoms with Gasteiger partial charge >= 0.3 is 0 Å².